The molecule has 0 aromatic rings. The van der Waals surface area contributed by atoms with Crippen LogP contribution in [0.5, 0.6) is 0 Å². The molecule has 0 aromatic heterocycles. The summed E-state index contributed by atoms with van der Waals surface area (Å²) in [5.74, 6) is 0. The molecule has 1 rings (SSSR count). The summed E-state index contributed by atoms with van der Waals surface area (Å²) in [5, 5.41) is 2.46. The smallest absolute Gasteiger partial charge is 0.441 e. The molecule has 0 aliphatic carbocycles. The molecule has 1 amide bonds. The summed E-state index contributed by atoms with van der Waals surface area (Å²) >= 11 is 0. The molecule has 0 saturated carbocycles. The lowest BCUT2D eigenvalue weighted by Crippen LogP contribution is -2.23. The van der Waals surface area contributed by atoms with Crippen molar-refractivity contribution < 1.29 is 80.6 Å². The van der Waals surface area contributed by atoms with Crippen LogP contribution in [0, 0.1) is 0 Å². The normalized spacial score (nSPS) is 14.3. The number of alkyl carbamates (subject to hydrolysis) is 1. The number of nitrogens with one attached hydrogen (secondary N) is 1. The van der Waals surface area contributed by atoms with Crippen molar-refractivity contribution in [2.45, 2.75) is 6.10 Å². The van der Waals surface area contributed by atoms with Crippen molar-refractivity contribution in [2.75, 3.05) is 179 Å². The Bertz CT molecular complexity index is 708. The molecule has 18 heteroatoms. The highest BCUT2D eigenvalue weighted by Gasteiger charge is 2.24. The van der Waals surface area contributed by atoms with Crippen LogP contribution in [-0.2, 0) is 71.1 Å². The lowest BCUT2D eigenvalue weighted by atomic mass is 10.4. The fourth-order valence-corrected chi connectivity index (χ4v) is 3.35. The van der Waals surface area contributed by atoms with E-state index < -0.39 is 18.4 Å². The van der Waals surface area contributed by atoms with E-state index in [4.69, 9.17) is 71.1 Å². The Morgan fingerprint density at radius 2 is 0.792 bits per heavy atom. The molecule has 1 N–H and O–H groups in total. The van der Waals surface area contributed by atoms with Gasteiger partial charge in [-0.2, -0.15) is 0 Å². The van der Waals surface area contributed by atoms with E-state index in [1.807, 2.05) is 0 Å². The van der Waals surface area contributed by atoms with Crippen molar-refractivity contribution >= 4 is 12.2 Å². The van der Waals surface area contributed by atoms with E-state index in [-0.39, 0.29) is 19.8 Å². The summed E-state index contributed by atoms with van der Waals surface area (Å²) in [4.78, 5) is 22.3. The molecule has 0 bridgehead atoms. The number of methoxy groups -OCH3 is 1. The van der Waals surface area contributed by atoms with Gasteiger partial charge in [0.1, 0.15) is 13.2 Å². The molecular formula is C30H57NO17. The second kappa shape index (κ2) is 36.3. The Morgan fingerprint density at radius 3 is 1.06 bits per heavy atom. The Morgan fingerprint density at radius 1 is 0.500 bits per heavy atom. The molecule has 284 valence electrons. The number of hydrogen-bond donors (Lipinski definition) is 1. The van der Waals surface area contributed by atoms with E-state index >= 15 is 0 Å². The number of carbonyl (C=O) groups excluding carboxylic acids is 2. The highest BCUT2D eigenvalue weighted by atomic mass is 16.7. The number of carbonyl (C=O) groups is 2. The molecule has 0 radical (unpaired) electrons. The maximum atomic E-state index is 11.4. The molecule has 48 heavy (non-hydrogen) atoms. The third-order valence-electron chi connectivity index (χ3n) is 5.73. The van der Waals surface area contributed by atoms with Gasteiger partial charge in [0.05, 0.1) is 159 Å². The standard InChI is InChI=1S/C30H57NO17/c1-34-2-3-35-4-5-36-6-7-37-8-9-38-10-11-39-12-13-40-14-15-41-16-17-42-18-19-43-20-21-44-22-23-45-24-25-46-30(33)47-27-28-26-31-29(32)48-28/h28H,2-27H2,1H3,(H,31,32)/t28-/m0/s1. The van der Waals surface area contributed by atoms with Gasteiger partial charge in [-0.3, -0.25) is 0 Å². The average Bonchev–Trinajstić information content (AvgIpc) is 3.52. The molecule has 1 atom stereocenters. The topological polar surface area (TPSA) is 185 Å². The zero-order chi connectivity index (χ0) is 34.4. The van der Waals surface area contributed by atoms with Gasteiger partial charge in [-0.25, -0.2) is 9.59 Å². The summed E-state index contributed by atoms with van der Waals surface area (Å²) in [7, 11) is 1.64. The molecule has 0 spiro atoms. The van der Waals surface area contributed by atoms with Crippen molar-refractivity contribution in [3.05, 3.63) is 0 Å². The van der Waals surface area contributed by atoms with Crippen LogP contribution in [-0.4, -0.2) is 197 Å². The number of amides is 1. The van der Waals surface area contributed by atoms with E-state index in [9.17, 15) is 9.59 Å². The molecule has 18 nitrogen and oxygen atoms in total. The van der Waals surface area contributed by atoms with Gasteiger partial charge in [0.25, 0.3) is 0 Å². The zero-order valence-corrected chi connectivity index (χ0v) is 28.4. The molecule has 1 fully saturated rings. The maximum absolute atomic E-state index is 11.4. The Balaban J connectivity index is 1.62. The van der Waals surface area contributed by atoms with Crippen LogP contribution < -0.4 is 5.32 Å². The Labute approximate surface area is 283 Å². The highest BCUT2D eigenvalue weighted by Crippen LogP contribution is 2.01. The van der Waals surface area contributed by atoms with Crippen LogP contribution in [0.25, 0.3) is 0 Å². The molecule has 1 saturated heterocycles. The first-order chi connectivity index (χ1) is 23.7. The van der Waals surface area contributed by atoms with Gasteiger partial charge in [-0.15, -0.1) is 0 Å². The summed E-state index contributed by atoms with van der Waals surface area (Å²) in [6, 6.07) is 0. The van der Waals surface area contributed by atoms with Crippen LogP contribution >= 0.6 is 0 Å². The van der Waals surface area contributed by atoms with Crippen LogP contribution in [0.15, 0.2) is 0 Å². The van der Waals surface area contributed by atoms with Crippen LogP contribution in [0.2, 0.25) is 0 Å². The summed E-state index contributed by atoms with van der Waals surface area (Å²) in [5.41, 5.74) is 0. The number of rotatable bonds is 38. The fourth-order valence-electron chi connectivity index (χ4n) is 3.35. The average molecular weight is 704 g/mol. The van der Waals surface area contributed by atoms with E-state index in [0.29, 0.717) is 152 Å². The van der Waals surface area contributed by atoms with E-state index in [0.717, 1.165) is 0 Å². The van der Waals surface area contributed by atoms with Gasteiger partial charge in [0.15, 0.2) is 6.10 Å². The Hall–Kier alpha value is -1.94. The van der Waals surface area contributed by atoms with Gasteiger partial charge in [-0.1, -0.05) is 0 Å². The Kier molecular flexibility index (Phi) is 33.4. The first-order valence-electron chi connectivity index (χ1n) is 16.3. The SMILES string of the molecule is COCCOCCOCCOCCOCCOCCOCCOCCOCCOCCOCCOCCOC(=O)OC[C@@H]1CNC(=O)O1. The molecule has 1 aliphatic rings. The van der Waals surface area contributed by atoms with Crippen molar-refractivity contribution in [1.82, 2.24) is 5.32 Å². The predicted octanol–water partition coefficient (Wildman–Crippen LogP) is 0.0770. The summed E-state index contributed by atoms with van der Waals surface area (Å²) < 4.78 is 79.0. The monoisotopic (exact) mass is 703 g/mol. The minimum Gasteiger partial charge on any atom is -0.441 e. The second-order valence-corrected chi connectivity index (χ2v) is 9.55. The quantitative estimate of drug-likeness (QED) is 0.0673. The lowest BCUT2D eigenvalue weighted by Gasteiger charge is -2.10. The second-order valence-electron chi connectivity index (χ2n) is 9.55. The van der Waals surface area contributed by atoms with E-state index in [2.05, 4.69) is 5.32 Å². The maximum Gasteiger partial charge on any atom is 0.508 e. The third-order valence-corrected chi connectivity index (χ3v) is 5.73. The van der Waals surface area contributed by atoms with Gasteiger partial charge < -0.3 is 76.4 Å². The largest absolute Gasteiger partial charge is 0.508 e. The minimum atomic E-state index is -0.845. The lowest BCUT2D eigenvalue weighted by molar-refractivity contribution is -0.0289. The van der Waals surface area contributed by atoms with Crippen LogP contribution in [0.3, 0.4) is 0 Å². The molecule has 0 unspecified atom stereocenters. The van der Waals surface area contributed by atoms with Crippen molar-refractivity contribution in [3.63, 3.8) is 0 Å². The fraction of sp³-hybridized carbons (Fsp3) is 0.933. The third kappa shape index (κ3) is 32.6. The molecular weight excluding hydrogens is 646 g/mol. The van der Waals surface area contributed by atoms with Gasteiger partial charge in [0.2, 0.25) is 0 Å². The van der Waals surface area contributed by atoms with Crippen molar-refractivity contribution in [2.24, 2.45) is 0 Å². The summed E-state index contributed by atoms with van der Waals surface area (Å²) in [6.07, 6.45) is -1.88. The van der Waals surface area contributed by atoms with E-state index in [1.54, 1.807) is 7.11 Å². The van der Waals surface area contributed by atoms with Gasteiger partial charge >= 0.3 is 12.2 Å². The molecule has 0 aromatic carbocycles. The number of ether oxygens (including phenoxy) is 15. The van der Waals surface area contributed by atoms with Crippen LogP contribution in [0.4, 0.5) is 9.59 Å². The zero-order valence-electron chi connectivity index (χ0n) is 28.4. The first kappa shape index (κ1) is 44.1. The number of hydrogen-bond acceptors (Lipinski definition) is 17. The minimum absolute atomic E-state index is 0.0423. The highest BCUT2D eigenvalue weighted by molar-refractivity contribution is 5.69. The number of cyclic esters (lactones) is 1. The molecule has 1 heterocycles. The summed E-state index contributed by atoms with van der Waals surface area (Å²) in [6.45, 7) is 11.2. The first-order valence-corrected chi connectivity index (χ1v) is 16.3. The predicted molar refractivity (Wildman–Crippen MR) is 166 cm³/mol. The van der Waals surface area contributed by atoms with Gasteiger partial charge in [0, 0.05) is 7.11 Å². The van der Waals surface area contributed by atoms with Crippen molar-refractivity contribution in [3.8, 4) is 0 Å². The van der Waals surface area contributed by atoms with Crippen molar-refractivity contribution in [1.29, 1.82) is 0 Å². The molecule has 1 aliphatic heterocycles. The van der Waals surface area contributed by atoms with Gasteiger partial charge in [-0.05, 0) is 0 Å². The van der Waals surface area contributed by atoms with Crippen LogP contribution in [0.1, 0.15) is 0 Å². The van der Waals surface area contributed by atoms with E-state index in [1.165, 1.54) is 0 Å².